The van der Waals surface area contributed by atoms with Crippen LogP contribution >= 0.6 is 0 Å². The van der Waals surface area contributed by atoms with E-state index in [-0.39, 0.29) is 0 Å². The molecule has 0 aromatic carbocycles. The van der Waals surface area contributed by atoms with Crippen molar-refractivity contribution < 1.29 is 9.53 Å². The summed E-state index contributed by atoms with van der Waals surface area (Å²) in [6.07, 6.45) is 13.7. The molecule has 3 aliphatic rings. The first-order valence-corrected chi connectivity index (χ1v) is 10.3. The number of carbonyl (C=O) groups is 1. The molecule has 0 spiro atoms. The second kappa shape index (κ2) is 8.23. The maximum absolute atomic E-state index is 12.1. The second-order valence-electron chi connectivity index (χ2n) is 7.94. The van der Waals surface area contributed by atoms with Crippen LogP contribution < -0.4 is 9.64 Å². The summed E-state index contributed by atoms with van der Waals surface area (Å²) in [7, 11) is 0. The van der Waals surface area contributed by atoms with E-state index in [4.69, 9.17) is 4.74 Å². The van der Waals surface area contributed by atoms with Crippen molar-refractivity contribution in [2.75, 3.05) is 31.1 Å². The number of nitrogens with zero attached hydrogens (tertiary/aromatic N) is 4. The highest BCUT2D eigenvalue weighted by Crippen LogP contribution is 2.27. The van der Waals surface area contributed by atoms with Gasteiger partial charge in [-0.05, 0) is 44.4 Å². The monoisotopic (exact) mass is 358 g/mol. The van der Waals surface area contributed by atoms with Gasteiger partial charge in [-0.2, -0.15) is 4.98 Å². The molecule has 6 heteroatoms. The summed E-state index contributed by atoms with van der Waals surface area (Å²) < 4.78 is 5.90. The van der Waals surface area contributed by atoms with Crippen molar-refractivity contribution in [2.24, 2.45) is 5.92 Å². The van der Waals surface area contributed by atoms with Gasteiger partial charge >= 0.3 is 0 Å². The lowest BCUT2D eigenvalue weighted by Crippen LogP contribution is -2.49. The number of carbonyl (C=O) groups excluding carboxylic acids is 1. The van der Waals surface area contributed by atoms with E-state index in [0.29, 0.717) is 23.7 Å². The zero-order chi connectivity index (χ0) is 17.8. The summed E-state index contributed by atoms with van der Waals surface area (Å²) in [5, 5.41) is 0. The molecular formula is C20H30N4O2. The quantitative estimate of drug-likeness (QED) is 0.810. The van der Waals surface area contributed by atoms with Crippen molar-refractivity contribution >= 4 is 11.7 Å². The van der Waals surface area contributed by atoms with Crippen molar-refractivity contribution in [1.29, 1.82) is 0 Å². The van der Waals surface area contributed by atoms with Crippen LogP contribution in [0.3, 0.4) is 0 Å². The Kier molecular flexibility index (Phi) is 5.56. The number of piperidine rings is 2. The Morgan fingerprint density at radius 1 is 1.00 bits per heavy atom. The maximum atomic E-state index is 12.1. The van der Waals surface area contributed by atoms with E-state index in [1.165, 1.54) is 25.7 Å². The standard InChI is InChI=1S/C20H30N4O2/c25-20-7-3-4-10-24(20)17-8-11-23(12-9-17)18-13-21-14-19(22-18)26-15-16-5-1-2-6-16/h13-14,16-17H,1-12,15H2. The smallest absolute Gasteiger partial charge is 0.234 e. The zero-order valence-corrected chi connectivity index (χ0v) is 15.6. The molecule has 2 saturated heterocycles. The molecule has 1 saturated carbocycles. The minimum Gasteiger partial charge on any atom is -0.476 e. The number of anilines is 1. The molecule has 142 valence electrons. The van der Waals surface area contributed by atoms with Crippen molar-refractivity contribution in [2.45, 2.75) is 63.8 Å². The number of amides is 1. The Balaban J connectivity index is 1.31. The third-order valence-electron chi connectivity index (χ3n) is 6.13. The molecule has 1 amide bonds. The molecule has 2 aliphatic heterocycles. The first-order valence-electron chi connectivity index (χ1n) is 10.3. The Morgan fingerprint density at radius 2 is 1.81 bits per heavy atom. The molecular weight excluding hydrogens is 328 g/mol. The lowest BCUT2D eigenvalue weighted by atomic mass is 9.99. The average Bonchev–Trinajstić information content (AvgIpc) is 3.21. The molecule has 0 unspecified atom stereocenters. The molecule has 0 bridgehead atoms. The van der Waals surface area contributed by atoms with E-state index in [0.717, 1.165) is 64.2 Å². The van der Waals surface area contributed by atoms with E-state index in [1.54, 1.807) is 6.20 Å². The van der Waals surface area contributed by atoms with Crippen LogP contribution in [0.1, 0.15) is 57.8 Å². The number of hydrogen-bond donors (Lipinski definition) is 0. The van der Waals surface area contributed by atoms with Gasteiger partial charge in [-0.1, -0.05) is 12.8 Å². The van der Waals surface area contributed by atoms with Gasteiger partial charge in [0, 0.05) is 32.1 Å². The van der Waals surface area contributed by atoms with Gasteiger partial charge in [0.25, 0.3) is 0 Å². The van der Waals surface area contributed by atoms with Gasteiger partial charge in [-0.25, -0.2) is 0 Å². The molecule has 1 aromatic heterocycles. The zero-order valence-electron chi connectivity index (χ0n) is 15.6. The molecule has 3 heterocycles. The molecule has 6 nitrogen and oxygen atoms in total. The number of aromatic nitrogens is 2. The average molecular weight is 358 g/mol. The first-order chi connectivity index (χ1) is 12.8. The minimum absolute atomic E-state index is 0.344. The van der Waals surface area contributed by atoms with Gasteiger partial charge in [-0.15, -0.1) is 0 Å². The lowest BCUT2D eigenvalue weighted by molar-refractivity contribution is -0.136. The number of ether oxygens (including phenoxy) is 1. The summed E-state index contributed by atoms with van der Waals surface area (Å²) in [5.74, 6) is 2.56. The highest BCUT2D eigenvalue weighted by atomic mass is 16.5. The van der Waals surface area contributed by atoms with Gasteiger partial charge in [0.15, 0.2) is 5.82 Å². The van der Waals surface area contributed by atoms with Crippen LogP contribution in [0.5, 0.6) is 5.88 Å². The van der Waals surface area contributed by atoms with Crippen LogP contribution in [0.25, 0.3) is 0 Å². The Bertz CT molecular complexity index is 610. The van der Waals surface area contributed by atoms with Crippen LogP contribution in [-0.2, 0) is 4.79 Å². The SMILES string of the molecule is O=C1CCCCN1C1CCN(c2cncc(OCC3CCCC3)n2)CC1. The van der Waals surface area contributed by atoms with Crippen LogP contribution in [0.4, 0.5) is 5.82 Å². The van der Waals surface area contributed by atoms with Crippen molar-refractivity contribution in [3.63, 3.8) is 0 Å². The highest BCUT2D eigenvalue weighted by Gasteiger charge is 2.29. The van der Waals surface area contributed by atoms with E-state index >= 15 is 0 Å². The normalized spacial score (nSPS) is 22.8. The summed E-state index contributed by atoms with van der Waals surface area (Å²) in [5.41, 5.74) is 0. The predicted octanol–water partition coefficient (Wildman–Crippen LogP) is 3.03. The van der Waals surface area contributed by atoms with Crippen LogP contribution in [0.2, 0.25) is 0 Å². The fourth-order valence-corrected chi connectivity index (χ4v) is 4.56. The molecule has 0 N–H and O–H groups in total. The molecule has 1 aliphatic carbocycles. The summed E-state index contributed by atoms with van der Waals surface area (Å²) in [6, 6.07) is 0.397. The van der Waals surface area contributed by atoms with Crippen LogP contribution in [-0.4, -0.2) is 53.1 Å². The van der Waals surface area contributed by atoms with E-state index in [9.17, 15) is 4.79 Å². The predicted molar refractivity (Wildman–Crippen MR) is 100 cm³/mol. The third kappa shape index (κ3) is 4.10. The molecule has 0 radical (unpaired) electrons. The highest BCUT2D eigenvalue weighted by molar-refractivity contribution is 5.77. The fourth-order valence-electron chi connectivity index (χ4n) is 4.56. The van der Waals surface area contributed by atoms with Gasteiger partial charge in [0.05, 0.1) is 19.0 Å². The number of hydrogen-bond acceptors (Lipinski definition) is 5. The van der Waals surface area contributed by atoms with Crippen LogP contribution in [0.15, 0.2) is 12.4 Å². The minimum atomic E-state index is 0.344. The van der Waals surface area contributed by atoms with Crippen LogP contribution in [0, 0.1) is 5.92 Å². The molecule has 1 aromatic rings. The van der Waals surface area contributed by atoms with Gasteiger partial charge in [0.1, 0.15) is 0 Å². The fraction of sp³-hybridized carbons (Fsp3) is 0.750. The first kappa shape index (κ1) is 17.6. The molecule has 3 fully saturated rings. The van der Waals surface area contributed by atoms with Gasteiger partial charge in [0.2, 0.25) is 11.8 Å². The Labute approximate surface area is 155 Å². The van der Waals surface area contributed by atoms with Gasteiger partial charge < -0.3 is 14.5 Å². The Hall–Kier alpha value is -1.85. The Morgan fingerprint density at radius 3 is 2.58 bits per heavy atom. The van der Waals surface area contributed by atoms with Crippen molar-refractivity contribution in [1.82, 2.24) is 14.9 Å². The van der Waals surface area contributed by atoms with E-state index < -0.39 is 0 Å². The molecule has 4 rings (SSSR count). The lowest BCUT2D eigenvalue weighted by Gasteiger charge is -2.40. The largest absolute Gasteiger partial charge is 0.476 e. The van der Waals surface area contributed by atoms with Crippen molar-refractivity contribution in [3.05, 3.63) is 12.4 Å². The molecule has 0 atom stereocenters. The number of likely N-dealkylation sites (tertiary alicyclic amines) is 1. The van der Waals surface area contributed by atoms with E-state index in [1.807, 2.05) is 6.20 Å². The third-order valence-corrected chi connectivity index (χ3v) is 6.13. The second-order valence-corrected chi connectivity index (χ2v) is 7.94. The summed E-state index contributed by atoms with van der Waals surface area (Å²) in [6.45, 7) is 3.55. The van der Waals surface area contributed by atoms with E-state index in [2.05, 4.69) is 19.8 Å². The summed E-state index contributed by atoms with van der Waals surface area (Å²) >= 11 is 0. The number of rotatable bonds is 5. The van der Waals surface area contributed by atoms with Gasteiger partial charge in [-0.3, -0.25) is 9.78 Å². The maximum Gasteiger partial charge on any atom is 0.234 e. The molecule has 26 heavy (non-hydrogen) atoms. The summed E-state index contributed by atoms with van der Waals surface area (Å²) in [4.78, 5) is 25.5. The topological polar surface area (TPSA) is 58.6 Å². The van der Waals surface area contributed by atoms with Crippen molar-refractivity contribution in [3.8, 4) is 5.88 Å².